The molecule has 0 aromatic rings. The first-order valence-electron chi connectivity index (χ1n) is 5.99. The predicted molar refractivity (Wildman–Crippen MR) is 68.1 cm³/mol. The topological polar surface area (TPSA) is 29.1 Å². The Bertz CT molecular complexity index is 335. The number of hydrogen-bond donors (Lipinski definition) is 1. The maximum atomic E-state index is 11.8. The first kappa shape index (κ1) is 12.8. The molecule has 0 aromatic heterocycles. The summed E-state index contributed by atoms with van der Waals surface area (Å²) in [5.74, 6) is 0.527. The molecule has 1 N–H and O–H groups in total. The smallest absolute Gasteiger partial charge is 0.250 e. The predicted octanol–water partition coefficient (Wildman–Crippen LogP) is 2.98. The summed E-state index contributed by atoms with van der Waals surface area (Å²) in [6.07, 6.45) is 9.96. The van der Waals surface area contributed by atoms with Crippen molar-refractivity contribution in [1.29, 1.82) is 0 Å². The average molecular weight is 219 g/mol. The van der Waals surface area contributed by atoms with Gasteiger partial charge in [-0.1, -0.05) is 44.6 Å². The molecular formula is C14H21NO. The van der Waals surface area contributed by atoms with Crippen LogP contribution in [0, 0.1) is 5.92 Å². The van der Waals surface area contributed by atoms with Crippen LogP contribution < -0.4 is 5.32 Å². The van der Waals surface area contributed by atoms with Crippen LogP contribution in [-0.2, 0) is 4.79 Å². The molecule has 1 amide bonds. The van der Waals surface area contributed by atoms with Crippen molar-refractivity contribution >= 4 is 5.91 Å². The van der Waals surface area contributed by atoms with E-state index in [0.29, 0.717) is 5.92 Å². The summed E-state index contributed by atoms with van der Waals surface area (Å²) in [5.41, 5.74) is 2.07. The zero-order chi connectivity index (χ0) is 12.0. The molecule has 0 atom stereocenters. The molecule has 16 heavy (non-hydrogen) atoms. The first-order chi connectivity index (χ1) is 7.63. The van der Waals surface area contributed by atoms with E-state index in [-0.39, 0.29) is 5.91 Å². The molecule has 1 rings (SSSR count). The fourth-order valence-electron chi connectivity index (χ4n) is 1.50. The van der Waals surface area contributed by atoms with Crippen molar-refractivity contribution in [2.45, 2.75) is 33.6 Å². The van der Waals surface area contributed by atoms with Gasteiger partial charge in [0.2, 0.25) is 0 Å². The van der Waals surface area contributed by atoms with E-state index in [2.05, 4.69) is 32.2 Å². The van der Waals surface area contributed by atoms with Crippen LogP contribution >= 0.6 is 0 Å². The van der Waals surface area contributed by atoms with Crippen LogP contribution in [0.15, 0.2) is 35.5 Å². The number of amides is 1. The Balaban J connectivity index is 2.56. The van der Waals surface area contributed by atoms with E-state index in [1.807, 2.05) is 18.2 Å². The van der Waals surface area contributed by atoms with Crippen LogP contribution in [0.3, 0.4) is 0 Å². The second kappa shape index (κ2) is 6.31. The van der Waals surface area contributed by atoms with Gasteiger partial charge in [0.25, 0.3) is 5.91 Å². The third-order valence-corrected chi connectivity index (χ3v) is 2.54. The Hall–Kier alpha value is -1.31. The molecule has 0 radical (unpaired) electrons. The minimum absolute atomic E-state index is 0.0377. The largest absolute Gasteiger partial charge is 0.352 e. The minimum atomic E-state index is 0.0377. The van der Waals surface area contributed by atoms with Gasteiger partial charge in [0, 0.05) is 12.1 Å². The lowest BCUT2D eigenvalue weighted by atomic mass is 10.1. The molecular weight excluding hydrogens is 198 g/mol. The highest BCUT2D eigenvalue weighted by atomic mass is 16.1. The monoisotopic (exact) mass is 219 g/mol. The molecule has 0 spiro atoms. The van der Waals surface area contributed by atoms with Crippen molar-refractivity contribution in [2.75, 3.05) is 6.54 Å². The summed E-state index contributed by atoms with van der Waals surface area (Å²) in [6, 6.07) is 0. The van der Waals surface area contributed by atoms with E-state index in [1.165, 1.54) is 5.57 Å². The SMILES string of the molecule is CCC1=CCC=C(C(=O)NCC(C)C)C=C1. The van der Waals surface area contributed by atoms with E-state index in [1.54, 1.807) is 0 Å². The van der Waals surface area contributed by atoms with E-state index < -0.39 is 0 Å². The number of carbonyl (C=O) groups excluding carboxylic acids is 1. The van der Waals surface area contributed by atoms with E-state index >= 15 is 0 Å². The Labute approximate surface area is 98.1 Å². The number of nitrogens with one attached hydrogen (secondary N) is 1. The van der Waals surface area contributed by atoms with Crippen molar-refractivity contribution in [2.24, 2.45) is 5.92 Å². The summed E-state index contributed by atoms with van der Waals surface area (Å²) < 4.78 is 0. The standard InChI is InChI=1S/C14H21NO/c1-4-12-6-5-7-13(9-8-12)14(16)15-10-11(2)3/h6-9,11H,4-5,10H2,1-3H3,(H,15,16). The molecule has 0 unspecified atom stereocenters. The van der Waals surface area contributed by atoms with Crippen molar-refractivity contribution in [3.63, 3.8) is 0 Å². The zero-order valence-corrected chi connectivity index (χ0v) is 10.4. The highest BCUT2D eigenvalue weighted by Gasteiger charge is 2.07. The van der Waals surface area contributed by atoms with Crippen molar-refractivity contribution < 1.29 is 4.79 Å². The molecule has 2 heteroatoms. The summed E-state index contributed by atoms with van der Waals surface area (Å²) in [4.78, 5) is 11.8. The minimum Gasteiger partial charge on any atom is -0.352 e. The summed E-state index contributed by atoms with van der Waals surface area (Å²) in [6.45, 7) is 7.04. The molecule has 0 heterocycles. The molecule has 0 aliphatic heterocycles. The maximum absolute atomic E-state index is 11.8. The average Bonchev–Trinajstić information content (AvgIpc) is 2.50. The van der Waals surface area contributed by atoms with Crippen molar-refractivity contribution in [3.8, 4) is 0 Å². The van der Waals surface area contributed by atoms with E-state index in [4.69, 9.17) is 0 Å². The van der Waals surface area contributed by atoms with E-state index in [0.717, 1.165) is 25.0 Å². The van der Waals surface area contributed by atoms with Crippen molar-refractivity contribution in [3.05, 3.63) is 35.5 Å². The lowest BCUT2D eigenvalue weighted by Crippen LogP contribution is -2.28. The number of rotatable bonds is 4. The van der Waals surface area contributed by atoms with Crippen LogP contribution in [0.4, 0.5) is 0 Å². The first-order valence-corrected chi connectivity index (χ1v) is 5.99. The molecule has 0 saturated heterocycles. The van der Waals surface area contributed by atoms with Crippen LogP contribution in [0.2, 0.25) is 0 Å². The molecule has 0 bridgehead atoms. The number of carbonyl (C=O) groups is 1. The van der Waals surface area contributed by atoms with Crippen LogP contribution in [0.5, 0.6) is 0 Å². The highest BCUT2D eigenvalue weighted by molar-refractivity contribution is 5.96. The quantitative estimate of drug-likeness (QED) is 0.773. The van der Waals surface area contributed by atoms with Gasteiger partial charge >= 0.3 is 0 Å². The lowest BCUT2D eigenvalue weighted by molar-refractivity contribution is -0.117. The molecule has 2 nitrogen and oxygen atoms in total. The normalized spacial score (nSPS) is 15.5. The van der Waals surface area contributed by atoms with E-state index in [9.17, 15) is 4.79 Å². The molecule has 0 saturated carbocycles. The summed E-state index contributed by atoms with van der Waals surface area (Å²) >= 11 is 0. The second-order valence-corrected chi connectivity index (χ2v) is 4.46. The third kappa shape index (κ3) is 4.05. The number of hydrogen-bond acceptors (Lipinski definition) is 1. The fourth-order valence-corrected chi connectivity index (χ4v) is 1.50. The van der Waals surface area contributed by atoms with Crippen molar-refractivity contribution in [1.82, 2.24) is 5.32 Å². The molecule has 1 aliphatic rings. The van der Waals surface area contributed by atoms with Gasteiger partial charge in [-0.05, 0) is 24.8 Å². The Morgan fingerprint density at radius 2 is 2.12 bits per heavy atom. The van der Waals surface area contributed by atoms with Gasteiger partial charge in [0.05, 0.1) is 0 Å². The van der Waals surface area contributed by atoms with Gasteiger partial charge < -0.3 is 5.32 Å². The Morgan fingerprint density at radius 3 is 2.75 bits per heavy atom. The third-order valence-electron chi connectivity index (χ3n) is 2.54. The van der Waals surface area contributed by atoms with Gasteiger partial charge in [-0.15, -0.1) is 0 Å². The van der Waals surface area contributed by atoms with Gasteiger partial charge in [0.1, 0.15) is 0 Å². The Morgan fingerprint density at radius 1 is 1.38 bits per heavy atom. The van der Waals surface area contributed by atoms with Gasteiger partial charge in [-0.2, -0.15) is 0 Å². The molecule has 88 valence electrons. The van der Waals surface area contributed by atoms with Crippen LogP contribution in [0.25, 0.3) is 0 Å². The highest BCUT2D eigenvalue weighted by Crippen LogP contribution is 2.13. The zero-order valence-electron chi connectivity index (χ0n) is 10.4. The second-order valence-electron chi connectivity index (χ2n) is 4.46. The molecule has 1 aliphatic carbocycles. The Kier molecular flexibility index (Phi) is 5.03. The summed E-state index contributed by atoms with van der Waals surface area (Å²) in [7, 11) is 0. The van der Waals surface area contributed by atoms with Crippen LogP contribution in [-0.4, -0.2) is 12.5 Å². The molecule has 0 aromatic carbocycles. The lowest BCUT2D eigenvalue weighted by Gasteiger charge is -2.07. The van der Waals surface area contributed by atoms with Crippen LogP contribution in [0.1, 0.15) is 33.6 Å². The van der Waals surface area contributed by atoms with Gasteiger partial charge in [-0.3, -0.25) is 4.79 Å². The number of allylic oxidation sites excluding steroid dienone is 4. The molecule has 0 fully saturated rings. The maximum Gasteiger partial charge on any atom is 0.250 e. The summed E-state index contributed by atoms with van der Waals surface area (Å²) in [5, 5.41) is 2.93. The fraction of sp³-hybridized carbons (Fsp3) is 0.500. The van der Waals surface area contributed by atoms with Gasteiger partial charge in [0.15, 0.2) is 0 Å². The van der Waals surface area contributed by atoms with Gasteiger partial charge in [-0.25, -0.2) is 0 Å².